The van der Waals surface area contributed by atoms with Crippen LogP contribution in [0.25, 0.3) is 22.2 Å². The first-order valence-electron chi connectivity index (χ1n) is 11.8. The van der Waals surface area contributed by atoms with Gasteiger partial charge in [-0.1, -0.05) is 23.7 Å². The van der Waals surface area contributed by atoms with Gasteiger partial charge < -0.3 is 15.0 Å². The van der Waals surface area contributed by atoms with Crippen LogP contribution in [0.1, 0.15) is 30.1 Å². The second-order valence-electron chi connectivity index (χ2n) is 8.43. The molecule has 0 saturated carbocycles. The maximum absolute atomic E-state index is 12.6. The summed E-state index contributed by atoms with van der Waals surface area (Å²) in [5.41, 5.74) is 3.07. The molecule has 4 heterocycles. The van der Waals surface area contributed by atoms with Crippen molar-refractivity contribution >= 4 is 34.2 Å². The molecule has 0 atom stereocenters. The first-order chi connectivity index (χ1) is 17.1. The van der Waals surface area contributed by atoms with Crippen LogP contribution in [-0.2, 0) is 0 Å². The summed E-state index contributed by atoms with van der Waals surface area (Å²) in [5.74, 6) is 1.34. The fourth-order valence-corrected chi connectivity index (χ4v) is 4.59. The smallest absolute Gasteiger partial charge is 0.253 e. The number of hydrogen-bond acceptors (Lipinski definition) is 6. The Morgan fingerprint density at radius 1 is 1.11 bits per heavy atom. The minimum Gasteiger partial charge on any atom is -0.478 e. The highest BCUT2D eigenvalue weighted by atomic mass is 35.5. The zero-order valence-corrected chi connectivity index (χ0v) is 20.2. The summed E-state index contributed by atoms with van der Waals surface area (Å²) in [6, 6.07) is 17.1. The third-order valence-corrected chi connectivity index (χ3v) is 6.49. The molecule has 1 aromatic carbocycles. The molecule has 0 unspecified atom stereocenters. The summed E-state index contributed by atoms with van der Waals surface area (Å²) >= 11 is 6.16. The number of carbonyl (C=O) groups excluding carboxylic acids is 1. The molecule has 1 fully saturated rings. The van der Waals surface area contributed by atoms with Crippen LogP contribution in [0.4, 0.5) is 5.82 Å². The van der Waals surface area contributed by atoms with Crippen LogP contribution in [0.5, 0.6) is 5.88 Å². The van der Waals surface area contributed by atoms with Gasteiger partial charge in [-0.15, -0.1) is 0 Å². The van der Waals surface area contributed by atoms with Gasteiger partial charge in [0, 0.05) is 48.5 Å². The highest BCUT2D eigenvalue weighted by Gasteiger charge is 2.23. The molecule has 35 heavy (non-hydrogen) atoms. The van der Waals surface area contributed by atoms with Gasteiger partial charge in [0.05, 0.1) is 28.4 Å². The zero-order valence-electron chi connectivity index (χ0n) is 19.4. The average Bonchev–Trinajstić information content (AvgIpc) is 2.89. The lowest BCUT2D eigenvalue weighted by atomic mass is 10.0. The number of aromatic nitrogens is 3. The largest absolute Gasteiger partial charge is 0.478 e. The van der Waals surface area contributed by atoms with E-state index in [-0.39, 0.29) is 11.9 Å². The Kier molecular flexibility index (Phi) is 6.77. The fourth-order valence-electron chi connectivity index (χ4n) is 4.37. The Hall–Kier alpha value is -3.71. The van der Waals surface area contributed by atoms with Crippen molar-refractivity contribution in [3.8, 4) is 17.1 Å². The van der Waals surface area contributed by atoms with Crippen LogP contribution < -0.4 is 15.0 Å². The molecule has 0 spiro atoms. The number of nitrogens with zero attached hydrogens (tertiary/aromatic N) is 4. The van der Waals surface area contributed by atoms with Crippen molar-refractivity contribution in [3.05, 3.63) is 77.6 Å². The first-order valence-corrected chi connectivity index (χ1v) is 12.2. The second kappa shape index (κ2) is 10.3. The molecule has 1 aliphatic rings. The van der Waals surface area contributed by atoms with Crippen molar-refractivity contribution in [1.29, 1.82) is 0 Å². The number of piperidine rings is 1. The Morgan fingerprint density at radius 2 is 1.94 bits per heavy atom. The van der Waals surface area contributed by atoms with Crippen LogP contribution in [0, 0.1) is 0 Å². The van der Waals surface area contributed by atoms with Crippen molar-refractivity contribution in [3.63, 3.8) is 0 Å². The van der Waals surface area contributed by atoms with E-state index in [0.717, 1.165) is 53.9 Å². The van der Waals surface area contributed by atoms with Gasteiger partial charge in [-0.2, -0.15) is 0 Å². The van der Waals surface area contributed by atoms with Crippen LogP contribution in [0.2, 0.25) is 5.02 Å². The minimum absolute atomic E-state index is 0.110. The lowest BCUT2D eigenvalue weighted by Crippen LogP contribution is -2.45. The first kappa shape index (κ1) is 23.1. The van der Waals surface area contributed by atoms with E-state index in [2.05, 4.69) is 15.2 Å². The molecule has 178 valence electrons. The van der Waals surface area contributed by atoms with Gasteiger partial charge in [-0.05, 0) is 56.2 Å². The molecule has 1 N–H and O–H groups in total. The number of fused-ring (bicyclic) bond motifs is 1. The molecule has 3 aromatic heterocycles. The molecule has 4 aromatic rings. The third-order valence-electron chi connectivity index (χ3n) is 6.16. The van der Waals surface area contributed by atoms with E-state index < -0.39 is 0 Å². The van der Waals surface area contributed by atoms with E-state index >= 15 is 0 Å². The quantitative estimate of drug-likeness (QED) is 0.405. The number of nitrogens with one attached hydrogen (secondary N) is 1. The fraction of sp³-hybridized carbons (Fsp3) is 0.259. The Morgan fingerprint density at radius 3 is 2.69 bits per heavy atom. The standard InChI is InChI=1S/C27H26ClN5O2/c1-2-35-25-16-23-21(7-5-13-29-23)26(32-25)18-9-10-24(30-17-18)33-14-11-19(12-15-33)31-27(34)20-6-3-4-8-22(20)28/h3-10,13,16-17,19H,2,11-12,14-15H2,1H3,(H,31,34). The Bertz CT molecular complexity index is 1340. The maximum Gasteiger partial charge on any atom is 0.253 e. The predicted octanol–water partition coefficient (Wildman–Crippen LogP) is 5.14. The van der Waals surface area contributed by atoms with Crippen molar-refractivity contribution in [2.45, 2.75) is 25.8 Å². The Labute approximate surface area is 209 Å². The average molecular weight is 488 g/mol. The molecule has 1 aliphatic heterocycles. The number of carbonyl (C=O) groups is 1. The van der Waals surface area contributed by atoms with Crippen molar-refractivity contribution in [2.75, 3.05) is 24.6 Å². The van der Waals surface area contributed by atoms with Gasteiger partial charge in [-0.3, -0.25) is 9.78 Å². The van der Waals surface area contributed by atoms with Gasteiger partial charge in [0.2, 0.25) is 5.88 Å². The topological polar surface area (TPSA) is 80.2 Å². The number of amides is 1. The number of halogens is 1. The lowest BCUT2D eigenvalue weighted by Gasteiger charge is -2.33. The number of benzene rings is 1. The van der Waals surface area contributed by atoms with Gasteiger partial charge >= 0.3 is 0 Å². The Balaban J connectivity index is 1.27. The normalized spacial score (nSPS) is 14.2. The second-order valence-corrected chi connectivity index (χ2v) is 8.84. The zero-order chi connectivity index (χ0) is 24.2. The lowest BCUT2D eigenvalue weighted by molar-refractivity contribution is 0.0931. The predicted molar refractivity (Wildman–Crippen MR) is 138 cm³/mol. The van der Waals surface area contributed by atoms with E-state index in [4.69, 9.17) is 26.3 Å². The number of hydrogen-bond donors (Lipinski definition) is 1. The summed E-state index contributed by atoms with van der Waals surface area (Å²) in [4.78, 5) is 28.7. The molecule has 1 saturated heterocycles. The van der Waals surface area contributed by atoms with Gasteiger partial charge in [0.1, 0.15) is 5.82 Å². The van der Waals surface area contributed by atoms with Gasteiger partial charge in [0.25, 0.3) is 5.91 Å². The van der Waals surface area contributed by atoms with Crippen molar-refractivity contribution in [2.24, 2.45) is 0 Å². The summed E-state index contributed by atoms with van der Waals surface area (Å²) in [6.07, 6.45) is 5.30. The third kappa shape index (κ3) is 5.05. The molecular weight excluding hydrogens is 462 g/mol. The summed E-state index contributed by atoms with van der Waals surface area (Å²) in [7, 11) is 0. The van der Waals surface area contributed by atoms with E-state index in [1.165, 1.54) is 0 Å². The molecule has 0 bridgehead atoms. The summed E-state index contributed by atoms with van der Waals surface area (Å²) in [6.45, 7) is 4.10. The molecule has 5 rings (SSSR count). The van der Waals surface area contributed by atoms with E-state index in [1.54, 1.807) is 18.3 Å². The number of ether oxygens (including phenoxy) is 1. The number of anilines is 1. The SMILES string of the molecule is CCOc1cc2ncccc2c(-c2ccc(N3CCC(NC(=O)c4ccccc4Cl)CC3)nc2)n1. The highest BCUT2D eigenvalue weighted by Crippen LogP contribution is 2.30. The summed E-state index contributed by atoms with van der Waals surface area (Å²) < 4.78 is 5.65. The van der Waals surface area contributed by atoms with Crippen LogP contribution in [-0.4, -0.2) is 46.6 Å². The highest BCUT2D eigenvalue weighted by molar-refractivity contribution is 6.33. The number of rotatable bonds is 6. The molecule has 7 nitrogen and oxygen atoms in total. The van der Waals surface area contributed by atoms with Crippen LogP contribution >= 0.6 is 11.6 Å². The molecule has 0 aliphatic carbocycles. The van der Waals surface area contributed by atoms with Crippen molar-refractivity contribution < 1.29 is 9.53 Å². The molecular formula is C27H26ClN5O2. The summed E-state index contributed by atoms with van der Waals surface area (Å²) in [5, 5.41) is 4.54. The molecule has 1 amide bonds. The van der Waals surface area contributed by atoms with Crippen LogP contribution in [0.3, 0.4) is 0 Å². The van der Waals surface area contributed by atoms with E-state index in [0.29, 0.717) is 23.1 Å². The monoisotopic (exact) mass is 487 g/mol. The maximum atomic E-state index is 12.6. The van der Waals surface area contributed by atoms with E-state index in [9.17, 15) is 4.79 Å². The van der Waals surface area contributed by atoms with Crippen LogP contribution in [0.15, 0.2) is 67.0 Å². The molecule has 0 radical (unpaired) electrons. The molecule has 8 heteroatoms. The van der Waals surface area contributed by atoms with Gasteiger partial charge in [-0.25, -0.2) is 9.97 Å². The number of pyridine rings is 3. The van der Waals surface area contributed by atoms with Gasteiger partial charge in [0.15, 0.2) is 0 Å². The van der Waals surface area contributed by atoms with E-state index in [1.807, 2.05) is 55.6 Å². The van der Waals surface area contributed by atoms with Crippen molar-refractivity contribution in [1.82, 2.24) is 20.3 Å². The minimum atomic E-state index is -0.125.